The molecule has 5 heteroatoms. The van der Waals surface area contributed by atoms with Crippen LogP contribution in [0.1, 0.15) is 0 Å². The van der Waals surface area contributed by atoms with Gasteiger partial charge < -0.3 is 0 Å². The smallest absolute Gasteiger partial charge is 0.133 e. The molecule has 0 fully saturated rings. The Bertz CT molecular complexity index is 158. The number of hydrogen-bond acceptors (Lipinski definition) is 2. The molecule has 0 aliphatic heterocycles. The second kappa shape index (κ2) is 6.01. The molecule has 0 saturated carbocycles. The lowest BCUT2D eigenvalue weighted by Crippen LogP contribution is -1.73. The molecule has 0 atom stereocenters. The number of thioether (sulfide) groups is 1. The molecule has 0 amide bonds. The van der Waals surface area contributed by atoms with E-state index in [2.05, 4.69) is 54.5 Å². The first-order valence-corrected chi connectivity index (χ1v) is 5.54. The summed E-state index contributed by atoms with van der Waals surface area (Å²) in [7, 11) is 0. The van der Waals surface area contributed by atoms with E-state index in [4.69, 9.17) is 5.26 Å². The molecule has 50 valence electrons. The van der Waals surface area contributed by atoms with Crippen LogP contribution in [0.15, 0.2) is 6.97 Å². The van der Waals surface area contributed by atoms with E-state index >= 15 is 0 Å². The predicted molar refractivity (Wildman–Crippen MR) is 57.0 cm³/mol. The third-order valence-corrected chi connectivity index (χ3v) is 4.48. The van der Waals surface area contributed by atoms with Gasteiger partial charge in [-0.25, -0.2) is 0 Å². The maximum atomic E-state index is 8.15. The molecule has 0 rings (SSSR count). The summed E-state index contributed by atoms with van der Waals surface area (Å²) in [5.74, 6) is 0.708. The highest BCUT2D eigenvalue weighted by Crippen LogP contribution is 2.26. The molecule has 9 heavy (non-hydrogen) atoms. The zero-order valence-electron chi connectivity index (χ0n) is 4.20. The molecule has 0 heterocycles. The monoisotopic (exact) mass is 381 g/mol. The van der Waals surface area contributed by atoms with Gasteiger partial charge in [0, 0.05) is 10.2 Å². The standard InChI is InChI=1S/C4H2Br2INS/c5-3(4(6)7)1-9-2-8/h1H2. The van der Waals surface area contributed by atoms with Gasteiger partial charge in [-0.1, -0.05) is 15.9 Å². The van der Waals surface area contributed by atoms with Crippen LogP contribution in [0.4, 0.5) is 0 Å². The summed E-state index contributed by atoms with van der Waals surface area (Å²) in [4.78, 5) is 0. The van der Waals surface area contributed by atoms with Gasteiger partial charge in [0.15, 0.2) is 0 Å². The molecule has 0 aliphatic rings. The van der Waals surface area contributed by atoms with Crippen molar-refractivity contribution in [2.24, 2.45) is 0 Å². The first-order chi connectivity index (χ1) is 4.18. The van der Waals surface area contributed by atoms with Crippen LogP contribution in [-0.2, 0) is 0 Å². The van der Waals surface area contributed by atoms with Gasteiger partial charge >= 0.3 is 0 Å². The first-order valence-electron chi connectivity index (χ1n) is 1.89. The minimum atomic E-state index is 0.708. The summed E-state index contributed by atoms with van der Waals surface area (Å²) >= 11 is 9.91. The first kappa shape index (κ1) is 10.3. The number of rotatable bonds is 2. The molecule has 0 bridgehead atoms. The van der Waals surface area contributed by atoms with Crippen LogP contribution >= 0.6 is 66.2 Å². The number of nitriles is 1. The maximum absolute atomic E-state index is 8.15. The Morgan fingerprint density at radius 1 is 1.67 bits per heavy atom. The van der Waals surface area contributed by atoms with E-state index in [-0.39, 0.29) is 0 Å². The van der Waals surface area contributed by atoms with Crippen LogP contribution in [0.5, 0.6) is 0 Å². The zero-order chi connectivity index (χ0) is 7.28. The topological polar surface area (TPSA) is 23.8 Å². The third kappa shape index (κ3) is 5.70. The van der Waals surface area contributed by atoms with E-state index in [0.717, 1.165) is 6.97 Å². The van der Waals surface area contributed by atoms with Crippen LogP contribution in [0.3, 0.4) is 0 Å². The van der Waals surface area contributed by atoms with E-state index in [9.17, 15) is 0 Å². The fourth-order valence-corrected chi connectivity index (χ4v) is 1.60. The summed E-state index contributed by atoms with van der Waals surface area (Å²) in [6.07, 6.45) is 0. The van der Waals surface area contributed by atoms with Gasteiger partial charge in [0.25, 0.3) is 0 Å². The number of hydrogen-bond donors (Lipinski definition) is 0. The highest BCUT2D eigenvalue weighted by molar-refractivity contribution is 14.1. The summed E-state index contributed by atoms with van der Waals surface area (Å²) in [5, 5.41) is 10.1. The summed E-state index contributed by atoms with van der Waals surface area (Å²) < 4.78 is 2.04. The van der Waals surface area contributed by atoms with Gasteiger partial charge in [0.05, 0.1) is 2.49 Å². The molecule has 0 aromatic carbocycles. The molecular weight excluding hydrogens is 381 g/mol. The van der Waals surface area contributed by atoms with Crippen molar-refractivity contribution >= 4 is 66.2 Å². The van der Waals surface area contributed by atoms with Crippen LogP contribution in [0.2, 0.25) is 0 Å². The third-order valence-electron chi connectivity index (χ3n) is 0.469. The van der Waals surface area contributed by atoms with Crippen molar-refractivity contribution in [3.63, 3.8) is 0 Å². The van der Waals surface area contributed by atoms with Crippen LogP contribution in [-0.4, -0.2) is 5.75 Å². The van der Waals surface area contributed by atoms with Crippen LogP contribution in [0.25, 0.3) is 0 Å². The Labute approximate surface area is 88.7 Å². The van der Waals surface area contributed by atoms with Gasteiger partial charge in [0.1, 0.15) is 5.40 Å². The van der Waals surface area contributed by atoms with Gasteiger partial charge in [-0.05, 0) is 50.3 Å². The molecule has 1 nitrogen and oxygen atoms in total. The van der Waals surface area contributed by atoms with E-state index in [1.165, 1.54) is 11.8 Å². The minimum Gasteiger partial charge on any atom is -0.185 e. The maximum Gasteiger partial charge on any atom is 0.133 e. The SMILES string of the molecule is N#CSCC(Br)=C(Br)I. The average molecular weight is 383 g/mol. The number of nitrogens with zero attached hydrogens (tertiary/aromatic N) is 1. The van der Waals surface area contributed by atoms with Crippen molar-refractivity contribution in [1.82, 2.24) is 0 Å². The van der Waals surface area contributed by atoms with E-state index in [1.807, 2.05) is 5.40 Å². The Balaban J connectivity index is 3.67. The summed E-state index contributed by atoms with van der Waals surface area (Å²) in [6, 6.07) is 0. The van der Waals surface area contributed by atoms with E-state index < -0.39 is 0 Å². The summed E-state index contributed by atoms with van der Waals surface area (Å²) in [6.45, 7) is 0. The average Bonchev–Trinajstić information content (AvgIpc) is 1.82. The van der Waals surface area contributed by atoms with Crippen molar-refractivity contribution in [2.45, 2.75) is 0 Å². The van der Waals surface area contributed by atoms with Crippen molar-refractivity contribution in [3.8, 4) is 5.40 Å². The Morgan fingerprint density at radius 2 is 2.22 bits per heavy atom. The number of halogens is 3. The molecule has 0 unspecified atom stereocenters. The van der Waals surface area contributed by atoms with Crippen LogP contribution < -0.4 is 0 Å². The van der Waals surface area contributed by atoms with Gasteiger partial charge in [0.2, 0.25) is 0 Å². The lowest BCUT2D eigenvalue weighted by Gasteiger charge is -1.91. The normalized spacial score (nSPS) is 12.2. The predicted octanol–water partition coefficient (Wildman–Crippen LogP) is 3.59. The Hall–Kier alpha value is 1.27. The summed E-state index contributed by atoms with van der Waals surface area (Å²) in [5.41, 5.74) is 0. The van der Waals surface area contributed by atoms with Crippen molar-refractivity contribution in [1.29, 1.82) is 5.26 Å². The largest absolute Gasteiger partial charge is 0.185 e. The second-order valence-corrected chi connectivity index (χ2v) is 6.12. The van der Waals surface area contributed by atoms with Crippen molar-refractivity contribution < 1.29 is 0 Å². The van der Waals surface area contributed by atoms with E-state index in [0.29, 0.717) is 5.75 Å². The van der Waals surface area contributed by atoms with Gasteiger partial charge in [-0.15, -0.1) is 0 Å². The van der Waals surface area contributed by atoms with Crippen LogP contribution in [0, 0.1) is 10.7 Å². The highest BCUT2D eigenvalue weighted by atomic mass is 127. The van der Waals surface area contributed by atoms with Gasteiger partial charge in [-0.3, -0.25) is 0 Å². The fraction of sp³-hybridized carbons (Fsp3) is 0.250. The molecule has 0 N–H and O–H groups in total. The zero-order valence-corrected chi connectivity index (χ0v) is 10.3. The quantitative estimate of drug-likeness (QED) is 0.538. The van der Waals surface area contributed by atoms with Crippen molar-refractivity contribution in [2.75, 3.05) is 5.75 Å². The molecule has 0 saturated heterocycles. The second-order valence-electron chi connectivity index (χ2n) is 1.05. The minimum absolute atomic E-state index is 0.708. The van der Waals surface area contributed by atoms with Crippen molar-refractivity contribution in [3.05, 3.63) is 6.97 Å². The lowest BCUT2D eigenvalue weighted by atomic mass is 10.8. The fourth-order valence-electron chi connectivity index (χ4n) is 0.150. The lowest BCUT2D eigenvalue weighted by molar-refractivity contribution is 1.56. The Morgan fingerprint density at radius 3 is 2.56 bits per heavy atom. The molecule has 0 radical (unpaired) electrons. The molecule has 0 aromatic heterocycles. The van der Waals surface area contributed by atoms with E-state index in [1.54, 1.807) is 0 Å². The molecular formula is C4H2Br2INS. The molecule has 0 aromatic rings. The molecule has 0 spiro atoms. The molecule has 0 aliphatic carbocycles. The highest BCUT2D eigenvalue weighted by Gasteiger charge is 1.95. The Kier molecular flexibility index (Phi) is 6.86. The van der Waals surface area contributed by atoms with Gasteiger partial charge in [-0.2, -0.15) is 5.26 Å². The number of thiocyanates is 1.